The van der Waals surface area contributed by atoms with Gasteiger partial charge in [0.1, 0.15) is 11.3 Å². The van der Waals surface area contributed by atoms with Crippen molar-refractivity contribution in [2.75, 3.05) is 6.54 Å². The van der Waals surface area contributed by atoms with E-state index in [2.05, 4.69) is 10.3 Å². The fraction of sp³-hybridized carbons (Fsp3) is 0.235. The van der Waals surface area contributed by atoms with Gasteiger partial charge in [-0.3, -0.25) is 9.59 Å². The highest BCUT2D eigenvalue weighted by Gasteiger charge is 2.09. The summed E-state index contributed by atoms with van der Waals surface area (Å²) in [6.07, 6.45) is 5.93. The van der Waals surface area contributed by atoms with Crippen LogP contribution in [0.3, 0.4) is 0 Å². The highest BCUT2D eigenvalue weighted by atomic mass is 32.1. The van der Waals surface area contributed by atoms with Crippen LogP contribution in [0.25, 0.3) is 10.6 Å². The predicted molar refractivity (Wildman–Crippen MR) is 91.8 cm³/mol. The molecule has 0 aromatic carbocycles. The molecule has 7 heteroatoms. The lowest BCUT2D eigenvalue weighted by atomic mass is 10.3. The molecule has 0 spiro atoms. The number of amides is 1. The maximum atomic E-state index is 12.0. The molecule has 0 saturated carbocycles. The second kappa shape index (κ2) is 7.74. The number of pyridine rings is 1. The van der Waals surface area contributed by atoms with Gasteiger partial charge in [-0.1, -0.05) is 6.07 Å². The van der Waals surface area contributed by atoms with Gasteiger partial charge in [0.15, 0.2) is 0 Å². The Morgan fingerprint density at radius 3 is 3.04 bits per heavy atom. The molecule has 0 bridgehead atoms. The van der Waals surface area contributed by atoms with E-state index in [0.29, 0.717) is 19.5 Å². The molecule has 0 fully saturated rings. The first-order valence-electron chi connectivity index (χ1n) is 7.61. The molecule has 0 aliphatic carbocycles. The topological polar surface area (TPSA) is 77.1 Å². The molecule has 0 aliphatic heterocycles. The molecule has 3 heterocycles. The number of thiazole rings is 1. The minimum Gasteiger partial charge on any atom is -0.472 e. The summed E-state index contributed by atoms with van der Waals surface area (Å²) in [5.74, 6) is -0.0700. The van der Waals surface area contributed by atoms with Gasteiger partial charge >= 0.3 is 0 Å². The SMILES string of the molecule is O=C(Cc1csc(-c2ccoc2)n1)NCCCn1ccccc1=O. The molecular formula is C17H17N3O3S. The number of hydrogen-bond donors (Lipinski definition) is 1. The number of aromatic nitrogens is 2. The van der Waals surface area contributed by atoms with E-state index < -0.39 is 0 Å². The van der Waals surface area contributed by atoms with Crippen molar-refractivity contribution in [2.45, 2.75) is 19.4 Å². The molecule has 6 nitrogen and oxygen atoms in total. The summed E-state index contributed by atoms with van der Waals surface area (Å²) in [6, 6.07) is 6.90. The lowest BCUT2D eigenvalue weighted by Crippen LogP contribution is -2.28. The van der Waals surface area contributed by atoms with E-state index in [1.165, 1.54) is 17.4 Å². The second-order valence-corrected chi connectivity index (χ2v) is 6.13. The minimum atomic E-state index is -0.0700. The summed E-state index contributed by atoms with van der Waals surface area (Å²) in [7, 11) is 0. The van der Waals surface area contributed by atoms with E-state index in [1.54, 1.807) is 29.4 Å². The third-order valence-electron chi connectivity index (χ3n) is 3.46. The number of nitrogens with zero attached hydrogens (tertiary/aromatic N) is 2. The van der Waals surface area contributed by atoms with E-state index >= 15 is 0 Å². The number of nitrogens with one attached hydrogen (secondary N) is 1. The first-order chi connectivity index (χ1) is 11.7. The largest absolute Gasteiger partial charge is 0.472 e. The Morgan fingerprint density at radius 1 is 1.33 bits per heavy atom. The Labute approximate surface area is 142 Å². The standard InChI is InChI=1S/C17H17N3O3S/c21-15(18-6-3-8-20-7-2-1-4-16(20)22)10-14-12-24-17(19-14)13-5-9-23-11-13/h1-2,4-5,7,9,11-12H,3,6,8,10H2,(H,18,21). The summed E-state index contributed by atoms with van der Waals surface area (Å²) >= 11 is 1.49. The first-order valence-corrected chi connectivity index (χ1v) is 8.49. The molecule has 124 valence electrons. The van der Waals surface area contributed by atoms with Crippen LogP contribution >= 0.6 is 11.3 Å². The summed E-state index contributed by atoms with van der Waals surface area (Å²) < 4.78 is 6.66. The van der Waals surface area contributed by atoms with Gasteiger partial charge in [-0.25, -0.2) is 4.98 Å². The lowest BCUT2D eigenvalue weighted by molar-refractivity contribution is -0.120. The Morgan fingerprint density at radius 2 is 2.25 bits per heavy atom. The van der Waals surface area contributed by atoms with Crippen molar-refractivity contribution in [3.63, 3.8) is 0 Å². The molecule has 3 aromatic rings. The van der Waals surface area contributed by atoms with Gasteiger partial charge in [-0.15, -0.1) is 11.3 Å². The summed E-state index contributed by atoms with van der Waals surface area (Å²) in [4.78, 5) is 27.9. The molecule has 1 amide bonds. The zero-order valence-corrected chi connectivity index (χ0v) is 13.8. The van der Waals surface area contributed by atoms with Crippen LogP contribution in [0.4, 0.5) is 0 Å². The van der Waals surface area contributed by atoms with Crippen LogP contribution in [-0.2, 0) is 17.8 Å². The van der Waals surface area contributed by atoms with Crippen molar-refractivity contribution in [3.8, 4) is 10.6 Å². The molecule has 3 rings (SSSR count). The maximum Gasteiger partial charge on any atom is 0.250 e. The van der Waals surface area contributed by atoms with Gasteiger partial charge in [0.25, 0.3) is 0 Å². The van der Waals surface area contributed by atoms with Crippen LogP contribution in [0.2, 0.25) is 0 Å². The van der Waals surface area contributed by atoms with Crippen LogP contribution in [0, 0.1) is 0 Å². The third kappa shape index (κ3) is 4.20. The maximum absolute atomic E-state index is 12.0. The number of rotatable bonds is 7. The average molecular weight is 343 g/mol. The number of carbonyl (C=O) groups is 1. The number of carbonyl (C=O) groups excluding carboxylic acids is 1. The zero-order chi connectivity index (χ0) is 16.8. The van der Waals surface area contributed by atoms with Gasteiger partial charge in [0.05, 0.1) is 18.4 Å². The second-order valence-electron chi connectivity index (χ2n) is 5.27. The van der Waals surface area contributed by atoms with Crippen molar-refractivity contribution in [3.05, 3.63) is 64.4 Å². The molecule has 3 aromatic heterocycles. The molecule has 0 atom stereocenters. The van der Waals surface area contributed by atoms with Crippen LogP contribution in [-0.4, -0.2) is 22.0 Å². The molecule has 0 saturated heterocycles. The molecule has 0 radical (unpaired) electrons. The van der Waals surface area contributed by atoms with E-state index in [1.807, 2.05) is 17.5 Å². The summed E-state index contributed by atoms with van der Waals surface area (Å²) in [5.41, 5.74) is 1.63. The van der Waals surface area contributed by atoms with Gasteiger partial charge in [0.2, 0.25) is 11.5 Å². The quantitative estimate of drug-likeness (QED) is 0.668. The monoisotopic (exact) mass is 343 g/mol. The van der Waals surface area contributed by atoms with Crippen LogP contribution in [0.15, 0.2) is 57.6 Å². The Kier molecular flexibility index (Phi) is 5.22. The average Bonchev–Trinajstić information content (AvgIpc) is 3.24. The normalized spacial score (nSPS) is 10.7. The molecule has 0 aliphatic rings. The Bertz CT molecular complexity index is 852. The van der Waals surface area contributed by atoms with E-state index in [-0.39, 0.29) is 17.9 Å². The summed E-state index contributed by atoms with van der Waals surface area (Å²) in [5, 5.41) is 5.58. The number of hydrogen-bond acceptors (Lipinski definition) is 5. The third-order valence-corrected chi connectivity index (χ3v) is 4.40. The Hall–Kier alpha value is -2.67. The van der Waals surface area contributed by atoms with Crippen LogP contribution in [0.5, 0.6) is 0 Å². The van der Waals surface area contributed by atoms with Crippen molar-refractivity contribution >= 4 is 17.2 Å². The van der Waals surface area contributed by atoms with Crippen molar-refractivity contribution in [2.24, 2.45) is 0 Å². The lowest BCUT2D eigenvalue weighted by Gasteiger charge is -2.06. The number of furan rings is 1. The van der Waals surface area contributed by atoms with E-state index in [9.17, 15) is 9.59 Å². The Balaban J connectivity index is 1.43. The van der Waals surface area contributed by atoms with Gasteiger partial charge in [0, 0.05) is 36.3 Å². The molecule has 1 N–H and O–H groups in total. The highest BCUT2D eigenvalue weighted by Crippen LogP contribution is 2.23. The number of aryl methyl sites for hydroxylation is 1. The van der Waals surface area contributed by atoms with Crippen LogP contribution < -0.4 is 10.9 Å². The fourth-order valence-corrected chi connectivity index (χ4v) is 3.06. The minimum absolute atomic E-state index is 0.0296. The van der Waals surface area contributed by atoms with Crippen molar-refractivity contribution < 1.29 is 9.21 Å². The van der Waals surface area contributed by atoms with Crippen molar-refractivity contribution in [1.29, 1.82) is 0 Å². The van der Waals surface area contributed by atoms with Crippen LogP contribution in [0.1, 0.15) is 12.1 Å². The predicted octanol–water partition coefficient (Wildman–Crippen LogP) is 2.31. The zero-order valence-electron chi connectivity index (χ0n) is 13.0. The first kappa shape index (κ1) is 16.2. The smallest absolute Gasteiger partial charge is 0.250 e. The summed E-state index contributed by atoms with van der Waals surface area (Å²) in [6.45, 7) is 1.11. The van der Waals surface area contributed by atoms with Gasteiger partial charge in [-0.2, -0.15) is 0 Å². The van der Waals surface area contributed by atoms with E-state index in [0.717, 1.165) is 16.3 Å². The molecule has 24 heavy (non-hydrogen) atoms. The van der Waals surface area contributed by atoms with Gasteiger partial charge < -0.3 is 14.3 Å². The van der Waals surface area contributed by atoms with E-state index in [4.69, 9.17) is 4.42 Å². The van der Waals surface area contributed by atoms with Crippen molar-refractivity contribution in [1.82, 2.24) is 14.9 Å². The molecular weight excluding hydrogens is 326 g/mol. The highest BCUT2D eigenvalue weighted by molar-refractivity contribution is 7.13. The molecule has 0 unspecified atom stereocenters. The van der Waals surface area contributed by atoms with Gasteiger partial charge in [-0.05, 0) is 18.6 Å². The fourth-order valence-electron chi connectivity index (χ4n) is 2.26.